The SMILES string of the molecule is CN=C(NC1CC1C)N1CCOC(c2cccc(C(F)(F)F)c2)C1. The molecule has 3 rings (SSSR count). The maximum Gasteiger partial charge on any atom is 0.416 e. The monoisotopic (exact) mass is 341 g/mol. The molecule has 1 aromatic carbocycles. The van der Waals surface area contributed by atoms with Crippen molar-refractivity contribution in [1.82, 2.24) is 10.2 Å². The number of nitrogens with one attached hydrogen (secondary N) is 1. The molecule has 1 aliphatic heterocycles. The first-order chi connectivity index (χ1) is 11.4. The van der Waals surface area contributed by atoms with Gasteiger partial charge in [0.05, 0.1) is 18.7 Å². The normalized spacial score (nSPS) is 28.0. The number of guanidine groups is 1. The van der Waals surface area contributed by atoms with Gasteiger partial charge in [0.1, 0.15) is 6.10 Å². The fraction of sp³-hybridized carbons (Fsp3) is 0.588. The van der Waals surface area contributed by atoms with Crippen LogP contribution in [0.1, 0.15) is 30.6 Å². The summed E-state index contributed by atoms with van der Waals surface area (Å²) in [5.41, 5.74) is -0.0974. The highest BCUT2D eigenvalue weighted by atomic mass is 19.4. The molecule has 0 bridgehead atoms. The quantitative estimate of drug-likeness (QED) is 0.663. The largest absolute Gasteiger partial charge is 0.416 e. The lowest BCUT2D eigenvalue weighted by Gasteiger charge is -2.35. The Morgan fingerprint density at radius 1 is 1.38 bits per heavy atom. The van der Waals surface area contributed by atoms with E-state index in [1.54, 1.807) is 13.1 Å². The molecule has 132 valence electrons. The third-order valence-electron chi connectivity index (χ3n) is 4.59. The van der Waals surface area contributed by atoms with Crippen molar-refractivity contribution in [2.24, 2.45) is 10.9 Å². The van der Waals surface area contributed by atoms with Crippen molar-refractivity contribution in [2.45, 2.75) is 31.7 Å². The van der Waals surface area contributed by atoms with Crippen molar-refractivity contribution < 1.29 is 17.9 Å². The number of morpholine rings is 1. The van der Waals surface area contributed by atoms with Crippen molar-refractivity contribution in [1.29, 1.82) is 0 Å². The minimum Gasteiger partial charge on any atom is -0.370 e. The van der Waals surface area contributed by atoms with Crippen LogP contribution in [0.15, 0.2) is 29.3 Å². The van der Waals surface area contributed by atoms with Crippen LogP contribution in [0.5, 0.6) is 0 Å². The molecule has 1 N–H and O–H groups in total. The first-order valence-corrected chi connectivity index (χ1v) is 8.15. The molecule has 2 fully saturated rings. The van der Waals surface area contributed by atoms with Gasteiger partial charge in [-0.3, -0.25) is 4.99 Å². The molecule has 0 amide bonds. The first-order valence-electron chi connectivity index (χ1n) is 8.15. The van der Waals surface area contributed by atoms with Gasteiger partial charge in [-0.2, -0.15) is 13.2 Å². The number of aliphatic imine (C=N–C) groups is 1. The summed E-state index contributed by atoms with van der Waals surface area (Å²) in [6.45, 7) is 3.80. The molecule has 0 radical (unpaired) electrons. The van der Waals surface area contributed by atoms with Crippen LogP contribution >= 0.6 is 0 Å². The van der Waals surface area contributed by atoms with E-state index in [0.717, 1.165) is 18.4 Å². The highest BCUT2D eigenvalue weighted by Crippen LogP contribution is 2.33. The molecule has 1 heterocycles. The fourth-order valence-electron chi connectivity index (χ4n) is 2.94. The number of halogens is 3. The summed E-state index contributed by atoms with van der Waals surface area (Å²) in [6, 6.07) is 5.81. The van der Waals surface area contributed by atoms with Crippen LogP contribution in [0.4, 0.5) is 13.2 Å². The number of hydrogen-bond acceptors (Lipinski definition) is 2. The summed E-state index contributed by atoms with van der Waals surface area (Å²) >= 11 is 0. The Morgan fingerprint density at radius 3 is 2.75 bits per heavy atom. The highest BCUT2D eigenvalue weighted by molar-refractivity contribution is 5.80. The van der Waals surface area contributed by atoms with Gasteiger partial charge < -0.3 is 15.0 Å². The minimum absolute atomic E-state index is 0.392. The van der Waals surface area contributed by atoms with E-state index in [9.17, 15) is 13.2 Å². The van der Waals surface area contributed by atoms with E-state index in [1.165, 1.54) is 12.1 Å². The maximum absolute atomic E-state index is 12.9. The molecular weight excluding hydrogens is 319 g/mol. The van der Waals surface area contributed by atoms with Gasteiger partial charge in [-0.05, 0) is 30.0 Å². The predicted octanol–water partition coefficient (Wildman–Crippen LogP) is 3.06. The van der Waals surface area contributed by atoms with E-state index in [1.807, 2.05) is 0 Å². The Hall–Kier alpha value is -1.76. The zero-order valence-electron chi connectivity index (χ0n) is 13.8. The zero-order valence-corrected chi connectivity index (χ0v) is 13.8. The molecule has 3 atom stereocenters. The Bertz CT molecular complexity index is 617. The van der Waals surface area contributed by atoms with Crippen molar-refractivity contribution >= 4 is 5.96 Å². The second kappa shape index (κ2) is 6.63. The van der Waals surface area contributed by atoms with Gasteiger partial charge in [0.25, 0.3) is 0 Å². The molecule has 24 heavy (non-hydrogen) atoms. The summed E-state index contributed by atoms with van der Waals surface area (Å²) < 4.78 is 44.4. The molecule has 3 unspecified atom stereocenters. The van der Waals surface area contributed by atoms with Crippen molar-refractivity contribution in [2.75, 3.05) is 26.7 Å². The Balaban J connectivity index is 1.71. The molecular formula is C17H22F3N3O. The average Bonchev–Trinajstić information content (AvgIpc) is 3.27. The molecule has 1 aliphatic carbocycles. The van der Waals surface area contributed by atoms with Crippen LogP contribution in [0.2, 0.25) is 0 Å². The highest BCUT2D eigenvalue weighted by Gasteiger charge is 2.35. The molecule has 2 aliphatic rings. The van der Waals surface area contributed by atoms with Crippen LogP contribution in [0, 0.1) is 5.92 Å². The Labute approximate surface area is 139 Å². The smallest absolute Gasteiger partial charge is 0.370 e. The van der Waals surface area contributed by atoms with E-state index >= 15 is 0 Å². The summed E-state index contributed by atoms with van der Waals surface area (Å²) in [6.07, 6.45) is -3.61. The van der Waals surface area contributed by atoms with Gasteiger partial charge in [0, 0.05) is 19.6 Å². The van der Waals surface area contributed by atoms with Gasteiger partial charge in [-0.15, -0.1) is 0 Å². The minimum atomic E-state index is -4.34. The van der Waals surface area contributed by atoms with Crippen molar-refractivity contribution in [3.63, 3.8) is 0 Å². The van der Waals surface area contributed by atoms with Gasteiger partial charge in [0.2, 0.25) is 0 Å². The fourth-order valence-corrected chi connectivity index (χ4v) is 2.94. The van der Waals surface area contributed by atoms with Crippen LogP contribution in [-0.4, -0.2) is 43.6 Å². The standard InChI is InChI=1S/C17H22F3N3O/c1-11-8-14(11)22-16(21-2)23-6-7-24-15(10-23)12-4-3-5-13(9-12)17(18,19)20/h3-5,9,11,14-15H,6-8,10H2,1-2H3,(H,21,22). The van der Waals surface area contributed by atoms with Gasteiger partial charge in [0.15, 0.2) is 5.96 Å². The lowest BCUT2D eigenvalue weighted by molar-refractivity contribution is -0.137. The van der Waals surface area contributed by atoms with Gasteiger partial charge >= 0.3 is 6.18 Å². The lowest BCUT2D eigenvalue weighted by Crippen LogP contribution is -2.49. The van der Waals surface area contributed by atoms with Crippen LogP contribution < -0.4 is 5.32 Å². The van der Waals surface area contributed by atoms with E-state index in [-0.39, 0.29) is 0 Å². The van der Waals surface area contributed by atoms with Crippen LogP contribution in [-0.2, 0) is 10.9 Å². The summed E-state index contributed by atoms with van der Waals surface area (Å²) in [4.78, 5) is 6.36. The maximum atomic E-state index is 12.9. The molecule has 0 spiro atoms. The number of ether oxygens (including phenoxy) is 1. The predicted molar refractivity (Wildman–Crippen MR) is 85.8 cm³/mol. The van der Waals surface area contributed by atoms with Crippen molar-refractivity contribution in [3.8, 4) is 0 Å². The number of benzene rings is 1. The lowest BCUT2D eigenvalue weighted by atomic mass is 10.0. The molecule has 7 heteroatoms. The van der Waals surface area contributed by atoms with E-state index < -0.39 is 17.8 Å². The van der Waals surface area contributed by atoms with Crippen LogP contribution in [0.25, 0.3) is 0 Å². The number of hydrogen-bond donors (Lipinski definition) is 1. The molecule has 0 aromatic heterocycles. The van der Waals surface area contributed by atoms with Crippen molar-refractivity contribution in [3.05, 3.63) is 35.4 Å². The first kappa shape index (κ1) is 17.1. The molecule has 1 aromatic rings. The third kappa shape index (κ3) is 3.83. The average molecular weight is 341 g/mol. The number of nitrogens with zero attached hydrogens (tertiary/aromatic N) is 2. The van der Waals surface area contributed by atoms with Crippen LogP contribution in [0.3, 0.4) is 0 Å². The molecule has 1 saturated heterocycles. The molecule has 1 saturated carbocycles. The van der Waals surface area contributed by atoms with E-state index in [0.29, 0.717) is 37.2 Å². The zero-order chi connectivity index (χ0) is 17.3. The third-order valence-corrected chi connectivity index (χ3v) is 4.59. The van der Waals surface area contributed by atoms with E-state index in [4.69, 9.17) is 4.74 Å². The Morgan fingerprint density at radius 2 is 2.12 bits per heavy atom. The number of alkyl halides is 3. The molecule has 4 nitrogen and oxygen atoms in total. The number of rotatable bonds is 2. The topological polar surface area (TPSA) is 36.9 Å². The second-order valence-corrected chi connectivity index (χ2v) is 6.44. The summed E-state index contributed by atoms with van der Waals surface area (Å²) in [7, 11) is 1.73. The summed E-state index contributed by atoms with van der Waals surface area (Å²) in [5.74, 6) is 1.44. The Kier molecular flexibility index (Phi) is 4.71. The summed E-state index contributed by atoms with van der Waals surface area (Å²) in [5, 5.41) is 3.41. The van der Waals surface area contributed by atoms with Gasteiger partial charge in [-0.1, -0.05) is 19.1 Å². The second-order valence-electron chi connectivity index (χ2n) is 6.44. The van der Waals surface area contributed by atoms with E-state index in [2.05, 4.69) is 22.1 Å². The van der Waals surface area contributed by atoms with Gasteiger partial charge in [-0.25, -0.2) is 0 Å².